The number of rotatable bonds is 8. The zero-order chi connectivity index (χ0) is 30.1. The number of carbonyl (C=O) groups is 2. The van der Waals surface area contributed by atoms with Gasteiger partial charge in [-0.05, 0) is 44.6 Å². The first-order valence-electron chi connectivity index (χ1n) is 13.4. The lowest BCUT2D eigenvalue weighted by molar-refractivity contribution is 0.0141. The molecule has 2 amide bonds. The molecule has 1 saturated heterocycles. The smallest absolute Gasteiger partial charge is 0.258 e. The first-order valence-corrected chi connectivity index (χ1v) is 13.8. The minimum atomic E-state index is -0.764. The molecule has 3 aromatic rings. The number of likely N-dealkylation sites (tertiary alicyclic amines) is 1. The van der Waals surface area contributed by atoms with Crippen molar-refractivity contribution >= 4 is 35.1 Å². The zero-order valence-electron chi connectivity index (χ0n) is 23.9. The van der Waals surface area contributed by atoms with Crippen LogP contribution in [0.1, 0.15) is 45.7 Å². The number of halogens is 2. The molecule has 2 aromatic carbocycles. The van der Waals surface area contributed by atoms with Crippen LogP contribution in [-0.2, 0) is 4.74 Å². The van der Waals surface area contributed by atoms with E-state index >= 15 is 4.39 Å². The Hall–Kier alpha value is -4.00. The maximum Gasteiger partial charge on any atom is 0.258 e. The van der Waals surface area contributed by atoms with Crippen molar-refractivity contribution < 1.29 is 28.2 Å². The van der Waals surface area contributed by atoms with Gasteiger partial charge in [-0.2, -0.15) is 4.98 Å². The Kier molecular flexibility index (Phi) is 8.48. The number of amides is 2. The highest BCUT2D eigenvalue weighted by atomic mass is 35.5. The van der Waals surface area contributed by atoms with Crippen molar-refractivity contribution in [3.05, 3.63) is 64.1 Å². The Bertz CT molecular complexity index is 1520. The Labute approximate surface area is 247 Å². The van der Waals surface area contributed by atoms with Crippen LogP contribution >= 0.6 is 11.6 Å². The van der Waals surface area contributed by atoms with Gasteiger partial charge in [0.1, 0.15) is 22.3 Å². The number of piperidine rings is 1. The molecular weight excluding hydrogens is 567 g/mol. The summed E-state index contributed by atoms with van der Waals surface area (Å²) in [6.07, 6.45) is 1.79. The highest BCUT2D eigenvalue weighted by Gasteiger charge is 2.34. The second-order valence-electron chi connectivity index (χ2n) is 10.3. The zero-order valence-corrected chi connectivity index (χ0v) is 24.7. The van der Waals surface area contributed by atoms with Gasteiger partial charge in [-0.25, -0.2) is 9.37 Å². The highest BCUT2D eigenvalue weighted by molar-refractivity contribution is 6.31. The number of nitrogens with one attached hydrogen (secondary N) is 2. The number of ether oxygens (including phenoxy) is 3. The fourth-order valence-corrected chi connectivity index (χ4v) is 5.32. The lowest BCUT2D eigenvalue weighted by Gasteiger charge is -2.36. The molecule has 5 rings (SSSR count). The number of aromatic nitrogens is 2. The standard InChI is InChI=1S/C29H32ClFN6O5/c1-15-16-7-6-8-22(25(16)28(39)37(15)3)42-27-18(30)13-32-29(35-27)34-21-12-19(31)17(11-23(21)40-4)26(38)33-20-9-10-36(2)14-24(20)41-5/h6-8,11-13,15,20,24H,9-10,14H2,1-5H3,(H,33,38)(H,32,34,35). The van der Waals surface area contributed by atoms with Crippen LogP contribution in [0.25, 0.3) is 0 Å². The third-order valence-electron chi connectivity index (χ3n) is 7.70. The number of nitrogens with zero attached hydrogens (tertiary/aromatic N) is 4. The van der Waals surface area contributed by atoms with Crippen molar-refractivity contribution in [2.45, 2.75) is 31.5 Å². The molecule has 0 radical (unpaired) electrons. The lowest BCUT2D eigenvalue weighted by Crippen LogP contribution is -2.53. The molecule has 1 aromatic heterocycles. The molecule has 222 valence electrons. The van der Waals surface area contributed by atoms with Crippen LogP contribution in [0.2, 0.25) is 5.02 Å². The molecule has 42 heavy (non-hydrogen) atoms. The predicted octanol–water partition coefficient (Wildman–Crippen LogP) is 4.41. The molecular formula is C29H32ClFN6O5. The van der Waals surface area contributed by atoms with Gasteiger partial charge < -0.3 is 34.6 Å². The predicted molar refractivity (Wildman–Crippen MR) is 154 cm³/mol. The number of hydrogen-bond donors (Lipinski definition) is 2. The molecule has 3 atom stereocenters. The molecule has 0 bridgehead atoms. The molecule has 2 N–H and O–H groups in total. The van der Waals surface area contributed by atoms with E-state index in [0.717, 1.165) is 18.2 Å². The summed E-state index contributed by atoms with van der Waals surface area (Å²) in [7, 11) is 6.70. The van der Waals surface area contributed by atoms with E-state index in [1.54, 1.807) is 31.2 Å². The average molecular weight is 599 g/mol. The summed E-state index contributed by atoms with van der Waals surface area (Å²) in [5, 5.41) is 5.90. The molecule has 2 aliphatic rings. The van der Waals surface area contributed by atoms with Gasteiger partial charge in [0.05, 0.1) is 48.3 Å². The Morgan fingerprint density at radius 3 is 2.71 bits per heavy atom. The number of benzene rings is 2. The van der Waals surface area contributed by atoms with Gasteiger partial charge in [-0.1, -0.05) is 23.7 Å². The maximum atomic E-state index is 15.3. The van der Waals surface area contributed by atoms with Crippen LogP contribution in [0.4, 0.5) is 16.0 Å². The number of carbonyl (C=O) groups excluding carboxylic acids is 2. The lowest BCUT2D eigenvalue weighted by atomic mass is 10.0. The van der Waals surface area contributed by atoms with Crippen LogP contribution in [-0.4, -0.2) is 85.1 Å². The van der Waals surface area contributed by atoms with E-state index in [2.05, 4.69) is 25.5 Å². The van der Waals surface area contributed by atoms with E-state index in [1.807, 2.05) is 20.0 Å². The summed E-state index contributed by atoms with van der Waals surface area (Å²) in [6.45, 7) is 3.37. The normalized spacial score (nSPS) is 20.3. The first-order chi connectivity index (χ1) is 20.1. The Balaban J connectivity index is 1.36. The van der Waals surface area contributed by atoms with Gasteiger partial charge in [0.15, 0.2) is 0 Å². The molecule has 11 nitrogen and oxygen atoms in total. The topological polar surface area (TPSA) is 118 Å². The fourth-order valence-electron chi connectivity index (χ4n) is 5.19. The minimum Gasteiger partial charge on any atom is -0.495 e. The van der Waals surface area contributed by atoms with E-state index in [4.69, 9.17) is 25.8 Å². The van der Waals surface area contributed by atoms with Crippen molar-refractivity contribution in [2.75, 3.05) is 46.7 Å². The second-order valence-corrected chi connectivity index (χ2v) is 10.7. The summed E-state index contributed by atoms with van der Waals surface area (Å²) in [5.74, 6) is -0.981. The number of hydrogen-bond acceptors (Lipinski definition) is 9. The number of methoxy groups -OCH3 is 2. The van der Waals surface area contributed by atoms with E-state index in [-0.39, 0.29) is 57.9 Å². The van der Waals surface area contributed by atoms with Gasteiger partial charge in [0.2, 0.25) is 11.8 Å². The quantitative estimate of drug-likeness (QED) is 0.389. The highest BCUT2D eigenvalue weighted by Crippen LogP contribution is 2.40. The third kappa shape index (κ3) is 5.69. The van der Waals surface area contributed by atoms with Crippen molar-refractivity contribution in [1.29, 1.82) is 0 Å². The Morgan fingerprint density at radius 2 is 1.98 bits per heavy atom. The largest absolute Gasteiger partial charge is 0.495 e. The average Bonchev–Trinajstić information content (AvgIpc) is 3.20. The number of anilines is 2. The second kappa shape index (κ2) is 12.1. The molecule has 13 heteroatoms. The van der Waals surface area contributed by atoms with Gasteiger partial charge in [0, 0.05) is 26.8 Å². The van der Waals surface area contributed by atoms with Crippen LogP contribution in [0, 0.1) is 5.82 Å². The SMILES string of the molecule is COc1cc(C(=O)NC2CCN(C)CC2OC)c(F)cc1Nc1ncc(Cl)c(Oc2cccc3c2C(=O)N(C)C3C)n1. The van der Waals surface area contributed by atoms with Gasteiger partial charge >= 0.3 is 0 Å². The van der Waals surface area contributed by atoms with Gasteiger partial charge in [0.25, 0.3) is 11.8 Å². The van der Waals surface area contributed by atoms with E-state index in [0.29, 0.717) is 24.3 Å². The minimum absolute atomic E-state index is 0.00108. The van der Waals surface area contributed by atoms with Crippen molar-refractivity contribution in [3.8, 4) is 17.4 Å². The maximum absolute atomic E-state index is 15.3. The summed E-state index contributed by atoms with van der Waals surface area (Å²) in [4.78, 5) is 38.1. The molecule has 0 aliphatic carbocycles. The van der Waals surface area contributed by atoms with Crippen molar-refractivity contribution in [2.24, 2.45) is 0 Å². The molecule has 3 heterocycles. The monoisotopic (exact) mass is 598 g/mol. The summed E-state index contributed by atoms with van der Waals surface area (Å²) in [5.41, 5.74) is 1.28. The van der Waals surface area contributed by atoms with Crippen molar-refractivity contribution in [1.82, 2.24) is 25.1 Å². The van der Waals surface area contributed by atoms with Crippen LogP contribution in [0.3, 0.4) is 0 Å². The number of fused-ring (bicyclic) bond motifs is 1. The summed E-state index contributed by atoms with van der Waals surface area (Å²) in [6, 6.07) is 7.41. The number of likely N-dealkylation sites (N-methyl/N-ethyl adjacent to an activating group) is 1. The molecule has 2 aliphatic heterocycles. The third-order valence-corrected chi connectivity index (χ3v) is 7.96. The summed E-state index contributed by atoms with van der Waals surface area (Å²) >= 11 is 6.33. The van der Waals surface area contributed by atoms with Gasteiger partial charge in [-0.15, -0.1) is 0 Å². The van der Waals surface area contributed by atoms with E-state index < -0.39 is 11.7 Å². The molecule has 3 unspecified atom stereocenters. The van der Waals surface area contributed by atoms with Crippen LogP contribution in [0.15, 0.2) is 36.5 Å². The molecule has 1 fully saturated rings. The van der Waals surface area contributed by atoms with Crippen LogP contribution < -0.4 is 20.1 Å². The van der Waals surface area contributed by atoms with E-state index in [9.17, 15) is 9.59 Å². The first kappa shape index (κ1) is 29.5. The van der Waals surface area contributed by atoms with E-state index in [1.165, 1.54) is 19.4 Å². The van der Waals surface area contributed by atoms with Gasteiger partial charge in [-0.3, -0.25) is 9.59 Å². The Morgan fingerprint density at radius 1 is 1.19 bits per heavy atom. The summed E-state index contributed by atoms with van der Waals surface area (Å²) < 4.78 is 32.2. The molecule has 0 spiro atoms. The van der Waals surface area contributed by atoms with Crippen molar-refractivity contribution in [3.63, 3.8) is 0 Å². The fraction of sp³-hybridized carbons (Fsp3) is 0.379. The molecule has 0 saturated carbocycles. The van der Waals surface area contributed by atoms with Crippen LogP contribution in [0.5, 0.6) is 17.4 Å².